The molecule has 0 radical (unpaired) electrons. The maximum absolute atomic E-state index is 11.3. The first-order chi connectivity index (χ1) is 20.0. The fourth-order valence-corrected chi connectivity index (χ4v) is 6.84. The number of amides is 2. The van der Waals surface area contributed by atoms with E-state index in [2.05, 4.69) is 99.2 Å². The van der Waals surface area contributed by atoms with Gasteiger partial charge in [-0.05, 0) is 29.5 Å². The Hall–Kier alpha value is -3.95. The number of ether oxygens (including phenoxy) is 1. The summed E-state index contributed by atoms with van der Waals surface area (Å²) >= 11 is 3.67. The van der Waals surface area contributed by atoms with Gasteiger partial charge in [0.05, 0.1) is 34.7 Å². The van der Waals surface area contributed by atoms with Gasteiger partial charge in [0.1, 0.15) is 6.54 Å². The van der Waals surface area contributed by atoms with Crippen LogP contribution in [0.25, 0.3) is 42.9 Å². The lowest BCUT2D eigenvalue weighted by Crippen LogP contribution is -2.38. The Labute approximate surface area is 249 Å². The molecule has 1 aliphatic heterocycles. The van der Waals surface area contributed by atoms with E-state index in [-0.39, 0.29) is 12.5 Å². The minimum Gasteiger partial charge on any atom is -0.453 e. The SMILES string of the molecule is CCC.COC(=O)NCC(=O)N1CCCC1.c1ccc(-c2csc3c(-c4ccc(-c5cnc[nH]5)cc4)csc23)cc1. The summed E-state index contributed by atoms with van der Waals surface area (Å²) in [5.41, 5.74) is 7.41. The van der Waals surface area contributed by atoms with Gasteiger partial charge < -0.3 is 19.9 Å². The summed E-state index contributed by atoms with van der Waals surface area (Å²) in [6, 6.07) is 19.3. The minimum atomic E-state index is -0.562. The van der Waals surface area contributed by atoms with Gasteiger partial charge in [-0.25, -0.2) is 9.78 Å². The van der Waals surface area contributed by atoms with Gasteiger partial charge in [-0.3, -0.25) is 4.79 Å². The quantitative estimate of drug-likeness (QED) is 0.217. The molecular weight excluding hydrogens is 553 g/mol. The number of methoxy groups -OCH3 is 1. The number of nitrogens with zero attached hydrogens (tertiary/aromatic N) is 2. The molecule has 2 amide bonds. The van der Waals surface area contributed by atoms with Gasteiger partial charge >= 0.3 is 6.09 Å². The molecule has 0 aliphatic carbocycles. The van der Waals surface area contributed by atoms with Crippen molar-refractivity contribution in [3.63, 3.8) is 0 Å². The molecule has 2 aromatic carbocycles. The molecule has 0 bridgehead atoms. The van der Waals surface area contributed by atoms with Gasteiger partial charge in [0.2, 0.25) is 5.91 Å². The normalized spacial score (nSPS) is 12.2. The number of aromatic amines is 1. The molecule has 41 heavy (non-hydrogen) atoms. The predicted octanol–water partition coefficient (Wildman–Crippen LogP) is 8.07. The van der Waals surface area contributed by atoms with Crippen molar-refractivity contribution in [3.05, 3.63) is 77.9 Å². The van der Waals surface area contributed by atoms with Gasteiger partial charge in [-0.2, -0.15) is 0 Å². The number of fused-ring (bicyclic) bond motifs is 1. The van der Waals surface area contributed by atoms with E-state index < -0.39 is 6.09 Å². The number of carbonyl (C=O) groups excluding carboxylic acids is 2. The van der Waals surface area contributed by atoms with Crippen LogP contribution in [0.15, 0.2) is 77.9 Å². The highest BCUT2D eigenvalue weighted by Crippen LogP contribution is 2.44. The molecule has 1 aliphatic rings. The molecule has 0 saturated carbocycles. The van der Waals surface area contributed by atoms with Crippen molar-refractivity contribution in [2.24, 2.45) is 0 Å². The molecule has 1 saturated heterocycles. The van der Waals surface area contributed by atoms with Crippen molar-refractivity contribution in [3.8, 4) is 33.5 Å². The van der Waals surface area contributed by atoms with Crippen LogP contribution in [0, 0.1) is 0 Å². The summed E-state index contributed by atoms with van der Waals surface area (Å²) in [4.78, 5) is 30.9. The lowest BCUT2D eigenvalue weighted by Gasteiger charge is -2.14. The molecule has 7 nitrogen and oxygen atoms in total. The summed E-state index contributed by atoms with van der Waals surface area (Å²) in [7, 11) is 1.27. The van der Waals surface area contributed by atoms with Crippen LogP contribution >= 0.6 is 22.7 Å². The molecule has 214 valence electrons. The van der Waals surface area contributed by atoms with E-state index in [0.717, 1.165) is 37.2 Å². The Morgan fingerprint density at radius 2 is 1.46 bits per heavy atom. The van der Waals surface area contributed by atoms with Crippen LogP contribution in [0.4, 0.5) is 4.79 Å². The summed E-state index contributed by atoms with van der Waals surface area (Å²) in [5, 5.41) is 6.91. The Morgan fingerprint density at radius 1 is 0.902 bits per heavy atom. The summed E-state index contributed by atoms with van der Waals surface area (Å²) in [6.45, 7) is 5.90. The van der Waals surface area contributed by atoms with Crippen molar-refractivity contribution < 1.29 is 14.3 Å². The molecule has 9 heteroatoms. The summed E-state index contributed by atoms with van der Waals surface area (Å²) < 4.78 is 7.09. The van der Waals surface area contributed by atoms with E-state index in [9.17, 15) is 9.59 Å². The third-order valence-corrected chi connectivity index (χ3v) is 8.56. The molecule has 1 fully saturated rings. The monoisotopic (exact) mass is 588 g/mol. The van der Waals surface area contributed by atoms with Crippen LogP contribution in [-0.4, -0.2) is 53.6 Å². The van der Waals surface area contributed by atoms with E-state index in [4.69, 9.17) is 0 Å². The topological polar surface area (TPSA) is 87.3 Å². The molecule has 3 aromatic heterocycles. The number of thiophene rings is 2. The highest BCUT2D eigenvalue weighted by atomic mass is 32.1. The number of aromatic nitrogens is 2. The first kappa shape index (κ1) is 30.0. The average Bonchev–Trinajstić information content (AvgIpc) is 3.83. The maximum atomic E-state index is 11.3. The second-order valence-corrected chi connectivity index (χ2v) is 11.3. The predicted molar refractivity (Wildman–Crippen MR) is 170 cm³/mol. The van der Waals surface area contributed by atoms with E-state index in [0.29, 0.717) is 0 Å². The first-order valence-corrected chi connectivity index (χ1v) is 15.5. The Bertz CT molecular complexity index is 1500. The van der Waals surface area contributed by atoms with Gasteiger partial charge in [0.15, 0.2) is 0 Å². The van der Waals surface area contributed by atoms with E-state index in [1.54, 1.807) is 11.2 Å². The van der Waals surface area contributed by atoms with Crippen LogP contribution in [0.5, 0.6) is 0 Å². The lowest BCUT2D eigenvalue weighted by molar-refractivity contribution is -0.129. The largest absolute Gasteiger partial charge is 0.453 e. The Balaban J connectivity index is 0.000000205. The third kappa shape index (κ3) is 7.83. The van der Waals surface area contributed by atoms with Crippen molar-refractivity contribution in [2.75, 3.05) is 26.7 Å². The number of carbonyl (C=O) groups is 2. The number of benzene rings is 2. The second-order valence-electron chi connectivity index (χ2n) is 9.51. The number of hydrogen-bond donors (Lipinski definition) is 2. The molecule has 2 N–H and O–H groups in total. The third-order valence-electron chi connectivity index (χ3n) is 6.40. The molecule has 4 heterocycles. The average molecular weight is 589 g/mol. The van der Waals surface area contributed by atoms with Crippen LogP contribution in [0.3, 0.4) is 0 Å². The minimum absolute atomic E-state index is 0.0344. The number of nitrogens with one attached hydrogen (secondary N) is 2. The zero-order valence-corrected chi connectivity index (χ0v) is 25.3. The van der Waals surface area contributed by atoms with Gasteiger partial charge in [-0.1, -0.05) is 74.9 Å². The maximum Gasteiger partial charge on any atom is 0.407 e. The number of likely N-dealkylation sites (tertiary alicyclic amines) is 1. The van der Waals surface area contributed by atoms with Crippen molar-refractivity contribution in [1.82, 2.24) is 20.2 Å². The van der Waals surface area contributed by atoms with Crippen LogP contribution in [-0.2, 0) is 9.53 Å². The molecule has 0 spiro atoms. The van der Waals surface area contributed by atoms with Crippen molar-refractivity contribution in [2.45, 2.75) is 33.1 Å². The number of H-pyrrole nitrogens is 1. The van der Waals surface area contributed by atoms with Crippen LogP contribution < -0.4 is 5.32 Å². The van der Waals surface area contributed by atoms with Gasteiger partial charge in [0.25, 0.3) is 0 Å². The van der Waals surface area contributed by atoms with Crippen LogP contribution in [0.1, 0.15) is 33.1 Å². The van der Waals surface area contributed by atoms with Crippen LogP contribution in [0.2, 0.25) is 0 Å². The highest BCUT2D eigenvalue weighted by Gasteiger charge is 2.18. The summed E-state index contributed by atoms with van der Waals surface area (Å²) in [5.74, 6) is -0.0390. The lowest BCUT2D eigenvalue weighted by atomic mass is 10.0. The summed E-state index contributed by atoms with van der Waals surface area (Å²) in [6.07, 6.45) is 6.37. The standard InChI is InChI=1S/C21H14N2S2.C8H14N2O3.C3H8/c1-2-4-14(5-3-1)17-11-24-21-18(12-25-20(17)21)15-6-8-16(9-7-15)19-10-22-13-23-19;1-13-8(12)9-6-7(11)10-4-2-3-5-10;1-3-2/h1-13H,(H,22,23);2-6H2,1H3,(H,9,12);3H2,1-2H3. The molecule has 0 atom stereocenters. The number of hydrogen-bond acceptors (Lipinski definition) is 6. The van der Waals surface area contributed by atoms with E-state index >= 15 is 0 Å². The molecular formula is C32H36N4O3S2. The molecule has 6 rings (SSSR count). The number of rotatable bonds is 5. The number of alkyl carbamates (subject to hydrolysis) is 1. The fourth-order valence-electron chi connectivity index (χ4n) is 4.38. The smallest absolute Gasteiger partial charge is 0.407 e. The number of imidazole rings is 1. The van der Waals surface area contributed by atoms with Crippen molar-refractivity contribution >= 4 is 44.1 Å². The molecule has 5 aromatic rings. The zero-order valence-electron chi connectivity index (χ0n) is 23.7. The zero-order chi connectivity index (χ0) is 29.0. The van der Waals surface area contributed by atoms with Gasteiger partial charge in [0, 0.05) is 35.0 Å². The molecule has 0 unspecified atom stereocenters. The Morgan fingerprint density at radius 3 is 2.00 bits per heavy atom. The van der Waals surface area contributed by atoms with E-state index in [1.807, 2.05) is 28.9 Å². The first-order valence-electron chi connectivity index (χ1n) is 13.8. The van der Waals surface area contributed by atoms with E-state index in [1.165, 1.54) is 45.2 Å². The highest BCUT2D eigenvalue weighted by molar-refractivity contribution is 7.27. The Kier molecular flexibility index (Phi) is 11.1. The van der Waals surface area contributed by atoms with Gasteiger partial charge in [-0.15, -0.1) is 22.7 Å². The fraction of sp³-hybridized carbons (Fsp3) is 0.281. The van der Waals surface area contributed by atoms with Crippen molar-refractivity contribution in [1.29, 1.82) is 0 Å². The second kappa shape index (κ2) is 15.2.